The molecule has 6 nitrogen and oxygen atoms in total. The Morgan fingerprint density at radius 1 is 1.59 bits per heavy atom. The molecule has 0 saturated carbocycles. The summed E-state index contributed by atoms with van der Waals surface area (Å²) in [7, 11) is 0. The second-order valence-electron chi connectivity index (χ2n) is 4.59. The van der Waals surface area contributed by atoms with Crippen LogP contribution in [0.5, 0.6) is 0 Å². The third kappa shape index (κ3) is 3.17. The maximum absolute atomic E-state index is 11.9. The van der Waals surface area contributed by atoms with E-state index in [2.05, 4.69) is 16.0 Å². The minimum Gasteiger partial charge on any atom is -0.376 e. The van der Waals surface area contributed by atoms with E-state index in [0.717, 1.165) is 19.4 Å². The molecule has 0 bridgehead atoms. The van der Waals surface area contributed by atoms with E-state index < -0.39 is 0 Å². The van der Waals surface area contributed by atoms with Crippen LogP contribution in [0.4, 0.5) is 0 Å². The third-order valence-electron chi connectivity index (χ3n) is 3.22. The van der Waals surface area contributed by atoms with Crippen molar-refractivity contribution >= 4 is 11.8 Å². The highest BCUT2D eigenvalue weighted by atomic mass is 16.5. The van der Waals surface area contributed by atoms with Crippen LogP contribution in [0.3, 0.4) is 0 Å². The first kappa shape index (κ1) is 12.3. The van der Waals surface area contributed by atoms with Gasteiger partial charge in [0.2, 0.25) is 11.8 Å². The van der Waals surface area contributed by atoms with Gasteiger partial charge in [-0.05, 0) is 19.8 Å². The van der Waals surface area contributed by atoms with E-state index in [0.29, 0.717) is 6.54 Å². The van der Waals surface area contributed by atoms with Crippen molar-refractivity contribution in [1.29, 1.82) is 0 Å². The lowest BCUT2D eigenvalue weighted by atomic mass is 10.1. The fourth-order valence-corrected chi connectivity index (χ4v) is 2.17. The molecule has 3 atom stereocenters. The summed E-state index contributed by atoms with van der Waals surface area (Å²) in [5.74, 6) is -0.144. The lowest BCUT2D eigenvalue weighted by Crippen LogP contribution is -2.59. The smallest absolute Gasteiger partial charge is 0.239 e. The van der Waals surface area contributed by atoms with Gasteiger partial charge in [-0.15, -0.1) is 0 Å². The monoisotopic (exact) mass is 241 g/mol. The predicted octanol–water partition coefficient (Wildman–Crippen LogP) is -1.24. The molecule has 2 rings (SSSR count). The average Bonchev–Trinajstić information content (AvgIpc) is 2.83. The van der Waals surface area contributed by atoms with E-state index in [4.69, 9.17) is 4.74 Å². The lowest BCUT2D eigenvalue weighted by Gasteiger charge is -2.26. The van der Waals surface area contributed by atoms with Crippen LogP contribution in [0, 0.1) is 0 Å². The molecule has 0 aromatic carbocycles. The summed E-state index contributed by atoms with van der Waals surface area (Å²) >= 11 is 0. The standard InChI is InChI=1S/C11H19N3O3/c1-7(9-3-2-4-17-9)14-11(16)8-5-13-10(15)6-12-8/h7-9,12H,2-6H2,1H3,(H,13,15)(H,14,16). The molecular formula is C11H19N3O3. The highest BCUT2D eigenvalue weighted by Crippen LogP contribution is 2.15. The predicted molar refractivity (Wildman–Crippen MR) is 61.4 cm³/mol. The van der Waals surface area contributed by atoms with Gasteiger partial charge >= 0.3 is 0 Å². The Kier molecular flexibility index (Phi) is 3.96. The molecule has 0 aliphatic carbocycles. The summed E-state index contributed by atoms with van der Waals surface area (Å²) in [5, 5.41) is 8.49. The molecule has 0 spiro atoms. The van der Waals surface area contributed by atoms with Crippen molar-refractivity contribution in [2.75, 3.05) is 19.7 Å². The number of carbonyl (C=O) groups is 2. The summed E-state index contributed by atoms with van der Waals surface area (Å²) in [6.07, 6.45) is 2.18. The Morgan fingerprint density at radius 2 is 2.41 bits per heavy atom. The van der Waals surface area contributed by atoms with Crippen LogP contribution in [0.15, 0.2) is 0 Å². The molecule has 2 aliphatic heterocycles. The number of hydrogen-bond donors (Lipinski definition) is 3. The van der Waals surface area contributed by atoms with Crippen molar-refractivity contribution in [2.45, 2.75) is 38.0 Å². The van der Waals surface area contributed by atoms with Gasteiger partial charge in [-0.3, -0.25) is 14.9 Å². The normalized spacial score (nSPS) is 30.8. The molecule has 0 aromatic heterocycles. The van der Waals surface area contributed by atoms with Crippen molar-refractivity contribution < 1.29 is 14.3 Å². The Morgan fingerprint density at radius 3 is 3.00 bits per heavy atom. The summed E-state index contributed by atoms with van der Waals surface area (Å²) in [6.45, 7) is 3.28. The zero-order chi connectivity index (χ0) is 12.3. The first-order valence-corrected chi connectivity index (χ1v) is 6.09. The molecule has 17 heavy (non-hydrogen) atoms. The maximum atomic E-state index is 11.9. The van der Waals surface area contributed by atoms with Gasteiger partial charge in [0.15, 0.2) is 0 Å². The zero-order valence-electron chi connectivity index (χ0n) is 9.99. The van der Waals surface area contributed by atoms with E-state index >= 15 is 0 Å². The maximum Gasteiger partial charge on any atom is 0.239 e. The molecule has 2 saturated heterocycles. The average molecular weight is 241 g/mol. The molecule has 96 valence electrons. The largest absolute Gasteiger partial charge is 0.376 e. The van der Waals surface area contributed by atoms with Crippen LogP contribution >= 0.6 is 0 Å². The molecule has 2 amide bonds. The van der Waals surface area contributed by atoms with E-state index in [9.17, 15) is 9.59 Å². The second kappa shape index (κ2) is 5.46. The molecule has 3 N–H and O–H groups in total. The Hall–Kier alpha value is -1.14. The molecule has 6 heteroatoms. The topological polar surface area (TPSA) is 79.5 Å². The van der Waals surface area contributed by atoms with Crippen LogP contribution < -0.4 is 16.0 Å². The fraction of sp³-hybridized carbons (Fsp3) is 0.818. The highest BCUT2D eigenvalue weighted by molar-refractivity contribution is 5.86. The lowest BCUT2D eigenvalue weighted by molar-refractivity contribution is -0.127. The van der Waals surface area contributed by atoms with E-state index in [1.165, 1.54) is 0 Å². The number of hydrogen-bond acceptors (Lipinski definition) is 4. The Bertz CT molecular complexity index is 292. The number of nitrogens with one attached hydrogen (secondary N) is 3. The van der Waals surface area contributed by atoms with E-state index in [1.54, 1.807) is 0 Å². The van der Waals surface area contributed by atoms with Crippen LogP contribution in [0.25, 0.3) is 0 Å². The number of piperazine rings is 1. The van der Waals surface area contributed by atoms with Crippen molar-refractivity contribution in [2.24, 2.45) is 0 Å². The highest BCUT2D eigenvalue weighted by Gasteiger charge is 2.28. The summed E-state index contributed by atoms with van der Waals surface area (Å²) in [6, 6.07) is -0.319. The van der Waals surface area contributed by atoms with Crippen molar-refractivity contribution in [1.82, 2.24) is 16.0 Å². The first-order valence-electron chi connectivity index (χ1n) is 6.09. The Balaban J connectivity index is 1.77. The van der Waals surface area contributed by atoms with Gasteiger partial charge in [0.25, 0.3) is 0 Å². The minimum absolute atomic E-state index is 0.0180. The molecular weight excluding hydrogens is 222 g/mol. The third-order valence-corrected chi connectivity index (χ3v) is 3.22. The van der Waals surface area contributed by atoms with Crippen LogP contribution in [-0.4, -0.2) is 49.7 Å². The second-order valence-corrected chi connectivity index (χ2v) is 4.59. The van der Waals surface area contributed by atoms with Crippen LogP contribution in [0.2, 0.25) is 0 Å². The molecule has 2 fully saturated rings. The van der Waals surface area contributed by atoms with Gasteiger partial charge in [0.05, 0.1) is 18.7 Å². The quantitative estimate of drug-likeness (QED) is 0.577. The van der Waals surface area contributed by atoms with Crippen molar-refractivity contribution in [3.05, 3.63) is 0 Å². The molecule has 2 aliphatic rings. The minimum atomic E-state index is -0.337. The number of rotatable bonds is 3. The van der Waals surface area contributed by atoms with Crippen LogP contribution in [0.1, 0.15) is 19.8 Å². The summed E-state index contributed by atoms with van der Waals surface area (Å²) in [4.78, 5) is 22.8. The van der Waals surface area contributed by atoms with Gasteiger partial charge in [0, 0.05) is 13.2 Å². The van der Waals surface area contributed by atoms with E-state index in [1.807, 2.05) is 6.92 Å². The molecule has 2 heterocycles. The van der Waals surface area contributed by atoms with Gasteiger partial charge in [-0.2, -0.15) is 0 Å². The van der Waals surface area contributed by atoms with E-state index in [-0.39, 0.29) is 36.5 Å². The molecule has 0 radical (unpaired) electrons. The van der Waals surface area contributed by atoms with Crippen molar-refractivity contribution in [3.8, 4) is 0 Å². The number of amides is 2. The van der Waals surface area contributed by atoms with Crippen molar-refractivity contribution in [3.63, 3.8) is 0 Å². The number of carbonyl (C=O) groups excluding carboxylic acids is 2. The van der Waals surface area contributed by atoms with Gasteiger partial charge in [0.1, 0.15) is 6.04 Å². The number of ether oxygens (including phenoxy) is 1. The molecule has 3 unspecified atom stereocenters. The fourth-order valence-electron chi connectivity index (χ4n) is 2.17. The van der Waals surface area contributed by atoms with Gasteiger partial charge in [-0.1, -0.05) is 0 Å². The summed E-state index contributed by atoms with van der Waals surface area (Å²) in [5.41, 5.74) is 0. The van der Waals surface area contributed by atoms with Gasteiger partial charge < -0.3 is 15.4 Å². The molecule has 0 aromatic rings. The SMILES string of the molecule is CC(NC(=O)C1CNC(=O)CN1)C1CCCO1. The van der Waals surface area contributed by atoms with Crippen LogP contribution in [-0.2, 0) is 14.3 Å². The summed E-state index contributed by atoms with van der Waals surface area (Å²) < 4.78 is 5.52. The Labute approximate surface area is 100 Å². The zero-order valence-corrected chi connectivity index (χ0v) is 9.99. The first-order chi connectivity index (χ1) is 8.16. The van der Waals surface area contributed by atoms with Gasteiger partial charge in [-0.25, -0.2) is 0 Å².